The van der Waals surface area contributed by atoms with Crippen LogP contribution in [0.5, 0.6) is 11.5 Å². The summed E-state index contributed by atoms with van der Waals surface area (Å²) in [5, 5.41) is 3.12. The Kier molecular flexibility index (Phi) is 5.79. The van der Waals surface area contributed by atoms with Crippen LogP contribution in [0, 0.1) is 18.2 Å². The van der Waals surface area contributed by atoms with Crippen molar-refractivity contribution < 1.29 is 18.7 Å². The zero-order valence-electron chi connectivity index (χ0n) is 14.4. The first-order valence-corrected chi connectivity index (χ1v) is 8.70. The lowest BCUT2D eigenvalue weighted by atomic mass is 10.2. The highest BCUT2D eigenvalue weighted by Crippen LogP contribution is 2.32. The van der Waals surface area contributed by atoms with Gasteiger partial charge in [0.1, 0.15) is 12.4 Å². The summed E-state index contributed by atoms with van der Waals surface area (Å²) in [6.45, 7) is 0.137. The number of amidine groups is 1. The highest BCUT2D eigenvalue weighted by Gasteiger charge is 2.24. The van der Waals surface area contributed by atoms with E-state index in [1.165, 1.54) is 43.1 Å². The molecule has 3 rings (SSSR count). The van der Waals surface area contributed by atoms with Crippen molar-refractivity contribution >= 4 is 34.6 Å². The van der Waals surface area contributed by atoms with Crippen LogP contribution in [0.15, 0.2) is 52.4 Å². The number of aliphatic imine (C=N–C) groups is 1. The monoisotopic (exact) mass is 382 g/mol. The Morgan fingerprint density at radius 2 is 2.04 bits per heavy atom. The van der Waals surface area contributed by atoms with Crippen molar-refractivity contribution in [2.75, 3.05) is 13.7 Å². The first-order valence-electron chi connectivity index (χ1n) is 7.88. The lowest BCUT2D eigenvalue weighted by Gasteiger charge is -2.09. The third kappa shape index (κ3) is 4.68. The van der Waals surface area contributed by atoms with Gasteiger partial charge in [0.25, 0.3) is 5.91 Å². The maximum atomic E-state index is 13.0. The molecule has 1 heterocycles. The number of nitrogens with one attached hydrogen (secondary N) is 1. The van der Waals surface area contributed by atoms with E-state index < -0.39 is 0 Å². The van der Waals surface area contributed by atoms with Gasteiger partial charge in [0, 0.05) is 0 Å². The van der Waals surface area contributed by atoms with Crippen molar-refractivity contribution in [3.8, 4) is 23.8 Å². The van der Waals surface area contributed by atoms with E-state index in [1.54, 1.807) is 24.3 Å². The van der Waals surface area contributed by atoms with E-state index in [4.69, 9.17) is 15.9 Å². The number of methoxy groups -OCH3 is 1. The lowest BCUT2D eigenvalue weighted by Crippen LogP contribution is -2.19. The van der Waals surface area contributed by atoms with Gasteiger partial charge in [-0.15, -0.1) is 6.42 Å². The molecule has 1 fully saturated rings. The van der Waals surface area contributed by atoms with Crippen LogP contribution >= 0.6 is 11.8 Å². The average molecular weight is 382 g/mol. The second-order valence-corrected chi connectivity index (χ2v) is 6.39. The molecule has 1 N–H and O–H groups in total. The number of hydrogen-bond donors (Lipinski definition) is 1. The van der Waals surface area contributed by atoms with E-state index in [0.29, 0.717) is 27.3 Å². The van der Waals surface area contributed by atoms with Gasteiger partial charge in [0.15, 0.2) is 16.7 Å². The summed E-state index contributed by atoms with van der Waals surface area (Å²) >= 11 is 1.20. The van der Waals surface area contributed by atoms with Crippen LogP contribution in [0.3, 0.4) is 0 Å². The maximum absolute atomic E-state index is 13.0. The highest BCUT2D eigenvalue weighted by atomic mass is 32.2. The molecule has 136 valence electrons. The van der Waals surface area contributed by atoms with Gasteiger partial charge in [-0.05, 0) is 59.8 Å². The number of carbonyl (C=O) groups excluding carboxylic acids is 1. The molecule has 0 radical (unpaired) electrons. The van der Waals surface area contributed by atoms with Crippen LogP contribution in [0.2, 0.25) is 0 Å². The fraction of sp³-hybridized carbons (Fsp3) is 0.100. The number of rotatable bonds is 5. The molecular weight excluding hydrogens is 367 g/mol. The van der Waals surface area contributed by atoms with Gasteiger partial charge in [0.05, 0.1) is 17.7 Å². The molecule has 2 aromatic carbocycles. The highest BCUT2D eigenvalue weighted by molar-refractivity contribution is 8.18. The molecular formula is C20H15FN2O3S. The Balaban J connectivity index is 1.80. The van der Waals surface area contributed by atoms with Crippen molar-refractivity contribution in [2.24, 2.45) is 4.99 Å². The predicted molar refractivity (Wildman–Crippen MR) is 105 cm³/mol. The van der Waals surface area contributed by atoms with E-state index in [1.807, 2.05) is 0 Å². The van der Waals surface area contributed by atoms with Gasteiger partial charge in [-0.25, -0.2) is 9.38 Å². The summed E-state index contributed by atoms with van der Waals surface area (Å²) in [6.07, 6.45) is 6.92. The maximum Gasteiger partial charge on any atom is 0.264 e. The molecule has 1 aliphatic heterocycles. The molecule has 7 heteroatoms. The van der Waals surface area contributed by atoms with Gasteiger partial charge in [-0.2, -0.15) is 0 Å². The number of thioether (sulfide) groups is 1. The molecule has 0 bridgehead atoms. The van der Waals surface area contributed by atoms with Crippen LogP contribution in [-0.4, -0.2) is 24.8 Å². The van der Waals surface area contributed by atoms with E-state index in [9.17, 15) is 9.18 Å². The normalized spacial score (nSPS) is 16.3. The number of carbonyl (C=O) groups is 1. The number of benzene rings is 2. The fourth-order valence-corrected chi connectivity index (χ4v) is 3.12. The number of terminal acetylenes is 1. The van der Waals surface area contributed by atoms with Crippen LogP contribution in [0.4, 0.5) is 10.1 Å². The second-order valence-electron chi connectivity index (χ2n) is 5.36. The molecule has 0 atom stereocenters. The minimum atomic E-state index is -0.341. The quantitative estimate of drug-likeness (QED) is 0.632. The van der Waals surface area contributed by atoms with Gasteiger partial charge in [0.2, 0.25) is 0 Å². The average Bonchev–Trinajstić information content (AvgIpc) is 3.01. The van der Waals surface area contributed by atoms with Gasteiger partial charge in [-0.1, -0.05) is 12.0 Å². The zero-order chi connectivity index (χ0) is 19.2. The molecule has 0 spiro atoms. The molecule has 0 unspecified atom stereocenters. The van der Waals surface area contributed by atoms with E-state index in [-0.39, 0.29) is 18.3 Å². The summed E-state index contributed by atoms with van der Waals surface area (Å²) in [7, 11) is 1.53. The third-order valence-electron chi connectivity index (χ3n) is 3.50. The SMILES string of the molecule is C#CCOc1ccc(/C=C2/SC(=Nc3ccc(F)cc3)NC2=O)cc1OC. The molecule has 2 aromatic rings. The third-order valence-corrected chi connectivity index (χ3v) is 4.41. The van der Waals surface area contributed by atoms with Crippen LogP contribution in [0.25, 0.3) is 6.08 Å². The van der Waals surface area contributed by atoms with Crippen molar-refractivity contribution in [1.29, 1.82) is 0 Å². The number of hydrogen-bond acceptors (Lipinski definition) is 5. The van der Waals surface area contributed by atoms with Gasteiger partial charge < -0.3 is 14.8 Å². The van der Waals surface area contributed by atoms with Gasteiger partial charge in [-0.3, -0.25) is 4.79 Å². The largest absolute Gasteiger partial charge is 0.493 e. The van der Waals surface area contributed by atoms with E-state index in [0.717, 1.165) is 5.56 Å². The lowest BCUT2D eigenvalue weighted by molar-refractivity contribution is -0.115. The standard InChI is InChI=1S/C20H15FN2O3S/c1-3-10-26-16-9-4-13(11-17(16)25-2)12-18-19(24)23-20(27-18)22-15-7-5-14(21)6-8-15/h1,4-9,11-12H,10H2,2H3,(H,22,23,24)/b18-12+. The molecule has 5 nitrogen and oxygen atoms in total. The van der Waals surface area contributed by atoms with Crippen molar-refractivity contribution in [1.82, 2.24) is 5.32 Å². The molecule has 0 aliphatic carbocycles. The first-order chi connectivity index (χ1) is 13.1. The fourth-order valence-electron chi connectivity index (χ4n) is 2.28. The van der Waals surface area contributed by atoms with Crippen LogP contribution in [0.1, 0.15) is 5.56 Å². The Labute approximate surface area is 160 Å². The van der Waals surface area contributed by atoms with E-state index in [2.05, 4.69) is 16.2 Å². The van der Waals surface area contributed by atoms with E-state index >= 15 is 0 Å². The smallest absolute Gasteiger partial charge is 0.264 e. The topological polar surface area (TPSA) is 59.9 Å². The number of ether oxygens (including phenoxy) is 2. The minimum absolute atomic E-state index is 0.137. The molecule has 1 aliphatic rings. The Bertz CT molecular complexity index is 962. The number of amides is 1. The summed E-state index contributed by atoms with van der Waals surface area (Å²) in [6, 6.07) is 11.0. The van der Waals surface area contributed by atoms with Crippen molar-refractivity contribution in [2.45, 2.75) is 0 Å². The summed E-state index contributed by atoms with van der Waals surface area (Å²) in [5.74, 6) is 2.84. The Morgan fingerprint density at radius 1 is 1.26 bits per heavy atom. The summed E-state index contributed by atoms with van der Waals surface area (Å²) in [4.78, 5) is 17.0. The summed E-state index contributed by atoms with van der Waals surface area (Å²) in [5.41, 5.74) is 1.32. The molecule has 0 saturated carbocycles. The molecule has 0 aromatic heterocycles. The van der Waals surface area contributed by atoms with Crippen molar-refractivity contribution in [3.05, 3.63) is 58.8 Å². The van der Waals surface area contributed by atoms with Crippen molar-refractivity contribution in [3.63, 3.8) is 0 Å². The first kappa shape index (κ1) is 18.5. The summed E-state index contributed by atoms with van der Waals surface area (Å²) < 4.78 is 23.7. The molecule has 1 saturated heterocycles. The molecule has 1 amide bonds. The molecule has 27 heavy (non-hydrogen) atoms. The second kappa shape index (κ2) is 8.43. The zero-order valence-corrected chi connectivity index (χ0v) is 15.2. The number of halogens is 1. The Hall–Kier alpha value is -3.24. The number of nitrogens with zero attached hydrogens (tertiary/aromatic N) is 1. The van der Waals surface area contributed by atoms with Crippen LogP contribution in [-0.2, 0) is 4.79 Å². The Morgan fingerprint density at radius 3 is 2.74 bits per heavy atom. The van der Waals surface area contributed by atoms with Crippen LogP contribution < -0.4 is 14.8 Å². The predicted octanol–water partition coefficient (Wildman–Crippen LogP) is 3.74. The minimum Gasteiger partial charge on any atom is -0.493 e. The van der Waals surface area contributed by atoms with Gasteiger partial charge >= 0.3 is 0 Å².